The third-order valence-corrected chi connectivity index (χ3v) is 3.92. The maximum Gasteiger partial charge on any atom is 0.233 e. The van der Waals surface area contributed by atoms with E-state index in [1.54, 1.807) is 0 Å². The summed E-state index contributed by atoms with van der Waals surface area (Å²) in [5.74, 6) is 0.0807. The van der Waals surface area contributed by atoms with E-state index in [1.165, 1.54) is 6.42 Å². The maximum absolute atomic E-state index is 12.1. The van der Waals surface area contributed by atoms with Crippen molar-refractivity contribution in [1.82, 2.24) is 5.32 Å². The molecule has 3 nitrogen and oxygen atoms in total. The molecular weight excluding hydrogens is 208 g/mol. The molecule has 2 aliphatic rings. The van der Waals surface area contributed by atoms with Crippen molar-refractivity contribution < 1.29 is 4.79 Å². The minimum Gasteiger partial charge on any atom is -0.392 e. The molecule has 0 atom stereocenters. The molecular formula is C11H18N2OS. The zero-order valence-corrected chi connectivity index (χ0v) is 9.74. The van der Waals surface area contributed by atoms with Crippen LogP contribution >= 0.6 is 12.2 Å². The summed E-state index contributed by atoms with van der Waals surface area (Å²) in [7, 11) is 0. The lowest BCUT2D eigenvalue weighted by molar-refractivity contribution is -0.128. The van der Waals surface area contributed by atoms with Crippen molar-refractivity contribution in [2.45, 2.75) is 51.0 Å². The highest BCUT2D eigenvalue weighted by Gasteiger charge is 2.43. The van der Waals surface area contributed by atoms with E-state index >= 15 is 0 Å². The first-order chi connectivity index (χ1) is 7.15. The number of nitrogens with one attached hydrogen (secondary N) is 1. The summed E-state index contributed by atoms with van der Waals surface area (Å²) in [6, 6.07) is 0.394. The monoisotopic (exact) mass is 226 g/mol. The van der Waals surface area contributed by atoms with Gasteiger partial charge >= 0.3 is 0 Å². The van der Waals surface area contributed by atoms with E-state index in [9.17, 15) is 4.79 Å². The van der Waals surface area contributed by atoms with Crippen LogP contribution in [0.25, 0.3) is 0 Å². The van der Waals surface area contributed by atoms with Crippen molar-refractivity contribution in [2.75, 3.05) is 0 Å². The van der Waals surface area contributed by atoms with E-state index in [0.29, 0.717) is 11.0 Å². The Kier molecular flexibility index (Phi) is 2.96. The molecule has 0 spiro atoms. The molecule has 0 aliphatic heterocycles. The highest BCUT2D eigenvalue weighted by molar-refractivity contribution is 7.80. The normalized spacial score (nSPS) is 24.5. The number of nitrogens with two attached hydrogens (primary N) is 1. The number of hydrogen-bond acceptors (Lipinski definition) is 2. The smallest absolute Gasteiger partial charge is 0.233 e. The van der Waals surface area contributed by atoms with Crippen molar-refractivity contribution in [3.63, 3.8) is 0 Å². The molecule has 0 aromatic heterocycles. The predicted octanol–water partition coefficient (Wildman–Crippen LogP) is 1.50. The molecule has 3 N–H and O–H groups in total. The molecule has 0 bridgehead atoms. The Labute approximate surface area is 95.8 Å². The highest BCUT2D eigenvalue weighted by Crippen LogP contribution is 2.37. The molecule has 2 rings (SSSR count). The molecule has 0 saturated heterocycles. The largest absolute Gasteiger partial charge is 0.392 e. The van der Waals surface area contributed by atoms with Crippen LogP contribution in [0, 0.1) is 5.41 Å². The Balaban J connectivity index is 2.08. The number of rotatable bonds is 3. The molecule has 15 heavy (non-hydrogen) atoms. The van der Waals surface area contributed by atoms with Crippen molar-refractivity contribution in [1.29, 1.82) is 0 Å². The fourth-order valence-corrected chi connectivity index (χ4v) is 2.59. The van der Waals surface area contributed by atoms with Gasteiger partial charge in [-0.05, 0) is 25.7 Å². The standard InChI is InChI=1S/C11H18N2OS/c12-9(15)11(6-2-1-3-7-11)10(14)13-8-4-5-8/h8H,1-7H2,(H2,12,15)(H,13,14). The van der Waals surface area contributed by atoms with Crippen LogP contribution in [-0.4, -0.2) is 16.9 Å². The van der Waals surface area contributed by atoms with Gasteiger partial charge in [0.15, 0.2) is 0 Å². The number of amides is 1. The summed E-state index contributed by atoms with van der Waals surface area (Å²) < 4.78 is 0. The van der Waals surface area contributed by atoms with E-state index in [-0.39, 0.29) is 5.91 Å². The van der Waals surface area contributed by atoms with Gasteiger partial charge in [0.05, 0.1) is 10.4 Å². The van der Waals surface area contributed by atoms with Crippen LogP contribution in [0.3, 0.4) is 0 Å². The zero-order valence-electron chi connectivity index (χ0n) is 8.92. The van der Waals surface area contributed by atoms with Gasteiger partial charge in [0.2, 0.25) is 5.91 Å². The molecule has 2 saturated carbocycles. The first-order valence-corrected chi connectivity index (χ1v) is 6.17. The molecule has 0 aromatic carbocycles. The summed E-state index contributed by atoms with van der Waals surface area (Å²) >= 11 is 5.09. The molecule has 0 heterocycles. The van der Waals surface area contributed by atoms with Crippen LogP contribution < -0.4 is 11.1 Å². The number of thiocarbonyl (C=S) groups is 1. The second-order valence-corrected chi connectivity index (χ2v) is 5.19. The van der Waals surface area contributed by atoms with E-state index in [4.69, 9.17) is 18.0 Å². The Bertz CT molecular complexity index is 280. The Morgan fingerprint density at radius 1 is 1.27 bits per heavy atom. The van der Waals surface area contributed by atoms with E-state index in [1.807, 2.05) is 0 Å². The Hall–Kier alpha value is -0.640. The molecule has 4 heteroatoms. The predicted molar refractivity (Wildman–Crippen MR) is 63.5 cm³/mol. The molecule has 2 fully saturated rings. The van der Waals surface area contributed by atoms with Gasteiger partial charge in [0.25, 0.3) is 0 Å². The third kappa shape index (κ3) is 2.14. The average Bonchev–Trinajstić information content (AvgIpc) is 3.02. The number of carbonyl (C=O) groups excluding carboxylic acids is 1. The van der Waals surface area contributed by atoms with Gasteiger partial charge in [-0.25, -0.2) is 0 Å². The van der Waals surface area contributed by atoms with Crippen molar-refractivity contribution in [2.24, 2.45) is 11.1 Å². The van der Waals surface area contributed by atoms with Gasteiger partial charge in [0, 0.05) is 6.04 Å². The number of hydrogen-bond donors (Lipinski definition) is 2. The first kappa shape index (κ1) is 10.9. The van der Waals surface area contributed by atoms with Gasteiger partial charge in [0.1, 0.15) is 0 Å². The number of carbonyl (C=O) groups is 1. The third-order valence-electron chi connectivity index (χ3n) is 3.53. The molecule has 0 unspecified atom stereocenters. The lowest BCUT2D eigenvalue weighted by atomic mass is 9.73. The van der Waals surface area contributed by atoms with E-state index in [0.717, 1.165) is 38.5 Å². The lowest BCUT2D eigenvalue weighted by Crippen LogP contribution is -2.50. The van der Waals surface area contributed by atoms with Gasteiger partial charge < -0.3 is 11.1 Å². The van der Waals surface area contributed by atoms with Crippen LogP contribution in [0.2, 0.25) is 0 Å². The molecule has 1 amide bonds. The van der Waals surface area contributed by atoms with Gasteiger partial charge in [-0.3, -0.25) is 4.79 Å². The van der Waals surface area contributed by atoms with Gasteiger partial charge in [-0.1, -0.05) is 31.5 Å². The topological polar surface area (TPSA) is 55.1 Å². The second kappa shape index (κ2) is 4.08. The van der Waals surface area contributed by atoms with Crippen LogP contribution in [-0.2, 0) is 4.79 Å². The fourth-order valence-electron chi connectivity index (χ4n) is 2.29. The van der Waals surface area contributed by atoms with E-state index < -0.39 is 5.41 Å². The van der Waals surface area contributed by atoms with Gasteiger partial charge in [-0.15, -0.1) is 0 Å². The van der Waals surface area contributed by atoms with Gasteiger partial charge in [-0.2, -0.15) is 0 Å². The van der Waals surface area contributed by atoms with Crippen LogP contribution in [0.15, 0.2) is 0 Å². The van der Waals surface area contributed by atoms with Crippen LogP contribution in [0.5, 0.6) is 0 Å². The molecule has 0 aromatic rings. The van der Waals surface area contributed by atoms with Crippen molar-refractivity contribution in [3.05, 3.63) is 0 Å². The van der Waals surface area contributed by atoms with E-state index in [2.05, 4.69) is 5.32 Å². The highest BCUT2D eigenvalue weighted by atomic mass is 32.1. The summed E-state index contributed by atoms with van der Waals surface area (Å²) in [5.41, 5.74) is 5.24. The van der Waals surface area contributed by atoms with Crippen molar-refractivity contribution >= 4 is 23.1 Å². The van der Waals surface area contributed by atoms with Crippen molar-refractivity contribution in [3.8, 4) is 0 Å². The Morgan fingerprint density at radius 2 is 1.87 bits per heavy atom. The molecule has 2 aliphatic carbocycles. The summed E-state index contributed by atoms with van der Waals surface area (Å²) in [4.78, 5) is 12.5. The molecule has 0 radical (unpaired) electrons. The minimum absolute atomic E-state index is 0.0807. The second-order valence-electron chi connectivity index (χ2n) is 4.75. The summed E-state index contributed by atoms with van der Waals surface area (Å²) in [5, 5.41) is 3.04. The Morgan fingerprint density at radius 3 is 2.33 bits per heavy atom. The summed E-state index contributed by atoms with van der Waals surface area (Å²) in [6.45, 7) is 0. The summed E-state index contributed by atoms with van der Waals surface area (Å²) in [6.07, 6.45) is 7.21. The van der Waals surface area contributed by atoms with Crippen LogP contribution in [0.4, 0.5) is 0 Å². The minimum atomic E-state index is -0.532. The maximum atomic E-state index is 12.1. The lowest BCUT2D eigenvalue weighted by Gasteiger charge is -2.34. The fraction of sp³-hybridized carbons (Fsp3) is 0.818. The first-order valence-electron chi connectivity index (χ1n) is 5.76. The quantitative estimate of drug-likeness (QED) is 0.717. The van der Waals surface area contributed by atoms with Crippen LogP contribution in [0.1, 0.15) is 44.9 Å². The zero-order chi connectivity index (χ0) is 10.9. The molecule has 84 valence electrons. The average molecular weight is 226 g/mol. The SMILES string of the molecule is NC(=S)C1(C(=O)NC2CC2)CCCCC1.